The molecular weight excluding hydrogens is 292 g/mol. The monoisotopic (exact) mass is 312 g/mol. The molecule has 0 spiro atoms. The van der Waals surface area contributed by atoms with Crippen LogP contribution in [0.25, 0.3) is 11.4 Å². The molecule has 7 nitrogen and oxygen atoms in total. The van der Waals surface area contributed by atoms with Gasteiger partial charge >= 0.3 is 0 Å². The largest absolute Gasteiger partial charge is 0.271 e. The summed E-state index contributed by atoms with van der Waals surface area (Å²) in [6.45, 7) is 0.00183. The molecule has 1 amide bonds. The van der Waals surface area contributed by atoms with E-state index in [0.29, 0.717) is 11.7 Å². The number of tetrazole rings is 1. The molecule has 0 atom stereocenters. The van der Waals surface area contributed by atoms with Crippen molar-refractivity contribution in [2.75, 3.05) is 0 Å². The van der Waals surface area contributed by atoms with Crippen molar-refractivity contribution in [2.45, 2.75) is 38.6 Å². The second-order valence-corrected chi connectivity index (χ2v) is 5.72. The number of benzene rings is 1. The maximum atomic E-state index is 11.8. The quantitative estimate of drug-likeness (QED) is 0.676. The van der Waals surface area contributed by atoms with Gasteiger partial charge in [-0.15, -0.1) is 10.2 Å². The molecule has 1 fully saturated rings. The van der Waals surface area contributed by atoms with Crippen LogP contribution < -0.4 is 5.43 Å². The molecule has 0 bridgehead atoms. The average Bonchev–Trinajstić information content (AvgIpc) is 3.05. The van der Waals surface area contributed by atoms with E-state index in [1.54, 1.807) is 0 Å². The minimum atomic E-state index is -0.255. The summed E-state index contributed by atoms with van der Waals surface area (Å²) in [4.78, 5) is 13.1. The third-order valence-electron chi connectivity index (χ3n) is 3.89. The molecule has 120 valence electrons. The highest BCUT2D eigenvalue weighted by atomic mass is 16.2. The fraction of sp³-hybridized carbons (Fsp3) is 0.438. The van der Waals surface area contributed by atoms with Gasteiger partial charge in [0.2, 0.25) is 5.82 Å². The molecule has 1 aliphatic carbocycles. The summed E-state index contributed by atoms with van der Waals surface area (Å²) >= 11 is 0. The smallest absolute Gasteiger partial charge is 0.263 e. The number of hydrogen-bond acceptors (Lipinski definition) is 5. The van der Waals surface area contributed by atoms with Gasteiger partial charge in [0.05, 0.1) is 0 Å². The Labute approximate surface area is 134 Å². The fourth-order valence-electron chi connectivity index (χ4n) is 2.67. The number of aromatic nitrogens is 4. The van der Waals surface area contributed by atoms with Crippen LogP contribution in [0.3, 0.4) is 0 Å². The van der Waals surface area contributed by atoms with Crippen LogP contribution >= 0.6 is 0 Å². The molecule has 1 aliphatic rings. The predicted molar refractivity (Wildman–Crippen MR) is 86.5 cm³/mol. The summed E-state index contributed by atoms with van der Waals surface area (Å²) in [5.74, 6) is 0.733. The minimum Gasteiger partial charge on any atom is -0.271 e. The van der Waals surface area contributed by atoms with E-state index in [9.17, 15) is 4.79 Å². The molecular formula is C16H20N6O. The van der Waals surface area contributed by atoms with Crippen LogP contribution in [-0.2, 0) is 11.3 Å². The summed E-state index contributed by atoms with van der Waals surface area (Å²) in [7, 11) is 0. The van der Waals surface area contributed by atoms with E-state index in [4.69, 9.17) is 0 Å². The number of nitrogens with zero attached hydrogens (tertiary/aromatic N) is 5. The van der Waals surface area contributed by atoms with Crippen LogP contribution in [0.1, 0.15) is 32.1 Å². The molecule has 0 saturated heterocycles. The van der Waals surface area contributed by atoms with Crippen LogP contribution in [0.2, 0.25) is 0 Å². The molecule has 1 N–H and O–H groups in total. The Morgan fingerprint density at radius 1 is 1.26 bits per heavy atom. The number of hydrogen-bond donors (Lipinski definition) is 1. The average molecular weight is 312 g/mol. The first-order valence-corrected chi connectivity index (χ1v) is 7.96. The fourth-order valence-corrected chi connectivity index (χ4v) is 2.67. The van der Waals surface area contributed by atoms with Crippen LogP contribution in [0, 0.1) is 5.92 Å². The summed E-state index contributed by atoms with van der Waals surface area (Å²) in [5.41, 5.74) is 3.40. The van der Waals surface area contributed by atoms with Gasteiger partial charge in [-0.3, -0.25) is 4.79 Å². The van der Waals surface area contributed by atoms with E-state index in [1.807, 2.05) is 36.5 Å². The molecule has 7 heteroatoms. The molecule has 1 aromatic heterocycles. The number of carbonyl (C=O) groups is 1. The van der Waals surface area contributed by atoms with Gasteiger partial charge in [-0.05, 0) is 24.0 Å². The summed E-state index contributed by atoms with van der Waals surface area (Å²) in [5, 5.41) is 16.1. The van der Waals surface area contributed by atoms with E-state index < -0.39 is 0 Å². The lowest BCUT2D eigenvalue weighted by atomic mass is 9.90. The molecule has 1 aromatic carbocycles. The van der Waals surface area contributed by atoms with E-state index in [-0.39, 0.29) is 12.5 Å². The number of amides is 1. The topological polar surface area (TPSA) is 85.1 Å². The van der Waals surface area contributed by atoms with Crippen molar-refractivity contribution in [3.63, 3.8) is 0 Å². The van der Waals surface area contributed by atoms with Crippen molar-refractivity contribution >= 4 is 12.1 Å². The maximum Gasteiger partial charge on any atom is 0.263 e. The Morgan fingerprint density at radius 2 is 2.04 bits per heavy atom. The van der Waals surface area contributed by atoms with Gasteiger partial charge in [0.15, 0.2) is 0 Å². The first kappa shape index (κ1) is 15.3. The summed E-state index contributed by atoms with van der Waals surface area (Å²) < 4.78 is 0. The Balaban J connectivity index is 1.50. The molecule has 23 heavy (non-hydrogen) atoms. The molecule has 0 aliphatic heterocycles. The second-order valence-electron chi connectivity index (χ2n) is 5.72. The molecule has 0 radical (unpaired) electrons. The van der Waals surface area contributed by atoms with Crippen molar-refractivity contribution in [1.29, 1.82) is 0 Å². The summed E-state index contributed by atoms with van der Waals surface area (Å²) in [6.07, 6.45) is 7.96. The third-order valence-corrected chi connectivity index (χ3v) is 3.89. The lowest BCUT2D eigenvalue weighted by Crippen LogP contribution is -2.25. The Morgan fingerprint density at radius 3 is 2.83 bits per heavy atom. The Kier molecular flexibility index (Phi) is 5.08. The van der Waals surface area contributed by atoms with Crippen LogP contribution in [0.5, 0.6) is 0 Å². The molecule has 0 unspecified atom stereocenters. The molecule has 3 rings (SSSR count). The van der Waals surface area contributed by atoms with E-state index in [0.717, 1.165) is 18.4 Å². The first-order chi connectivity index (χ1) is 11.3. The van der Waals surface area contributed by atoms with Gasteiger partial charge in [0.25, 0.3) is 5.91 Å². The van der Waals surface area contributed by atoms with Crippen molar-refractivity contribution < 1.29 is 4.79 Å². The van der Waals surface area contributed by atoms with Crippen molar-refractivity contribution in [3.05, 3.63) is 30.3 Å². The third kappa shape index (κ3) is 4.45. The van der Waals surface area contributed by atoms with Crippen LogP contribution in [0.15, 0.2) is 35.4 Å². The Bertz CT molecular complexity index is 660. The molecule has 1 saturated carbocycles. The number of nitrogens with one attached hydrogen (secondary N) is 1. The van der Waals surface area contributed by atoms with Crippen molar-refractivity contribution in [1.82, 2.24) is 25.6 Å². The standard InChI is InChI=1S/C16H20N6O/c23-15(18-17-11-13-7-3-1-4-8-13)12-22-20-16(19-21-22)14-9-5-2-6-10-14/h2,5-6,9-11,13H,1,3-4,7-8,12H2,(H,18,23)/b17-11-. The van der Waals surface area contributed by atoms with Crippen molar-refractivity contribution in [3.8, 4) is 11.4 Å². The zero-order chi connectivity index (χ0) is 15.9. The predicted octanol–water partition coefficient (Wildman–Crippen LogP) is 2.02. The van der Waals surface area contributed by atoms with Crippen LogP contribution in [0.4, 0.5) is 0 Å². The van der Waals surface area contributed by atoms with E-state index in [2.05, 4.69) is 25.9 Å². The Hall–Kier alpha value is -2.57. The zero-order valence-electron chi connectivity index (χ0n) is 12.9. The molecule has 2 aromatic rings. The SMILES string of the molecule is O=C(Cn1nnc(-c2ccccc2)n1)N/N=C\C1CCCCC1. The maximum absolute atomic E-state index is 11.8. The lowest BCUT2D eigenvalue weighted by molar-refractivity contribution is -0.122. The highest BCUT2D eigenvalue weighted by molar-refractivity contribution is 5.76. The van der Waals surface area contributed by atoms with Crippen LogP contribution in [-0.4, -0.2) is 32.3 Å². The van der Waals surface area contributed by atoms with E-state index >= 15 is 0 Å². The minimum absolute atomic E-state index is 0.00183. The van der Waals surface area contributed by atoms with Gasteiger partial charge < -0.3 is 0 Å². The first-order valence-electron chi connectivity index (χ1n) is 7.96. The highest BCUT2D eigenvalue weighted by Gasteiger charge is 2.11. The number of carbonyl (C=O) groups excluding carboxylic acids is 1. The van der Waals surface area contributed by atoms with Gasteiger partial charge in [-0.25, -0.2) is 5.43 Å². The lowest BCUT2D eigenvalue weighted by Gasteiger charge is -2.16. The second kappa shape index (κ2) is 7.62. The number of hydrazone groups is 1. The van der Waals surface area contributed by atoms with Gasteiger partial charge in [0, 0.05) is 11.8 Å². The van der Waals surface area contributed by atoms with E-state index in [1.165, 1.54) is 24.1 Å². The number of rotatable bonds is 5. The zero-order valence-corrected chi connectivity index (χ0v) is 12.9. The normalized spacial score (nSPS) is 15.8. The van der Waals surface area contributed by atoms with Gasteiger partial charge in [-0.2, -0.15) is 9.90 Å². The highest BCUT2D eigenvalue weighted by Crippen LogP contribution is 2.21. The van der Waals surface area contributed by atoms with Crippen molar-refractivity contribution in [2.24, 2.45) is 11.0 Å². The molecule has 1 heterocycles. The summed E-state index contributed by atoms with van der Waals surface area (Å²) in [6, 6.07) is 9.53. The van der Waals surface area contributed by atoms with Gasteiger partial charge in [-0.1, -0.05) is 49.6 Å². The van der Waals surface area contributed by atoms with Gasteiger partial charge in [0.1, 0.15) is 6.54 Å².